The molecule has 1 amide bonds. The summed E-state index contributed by atoms with van der Waals surface area (Å²) in [6.45, 7) is 4.03. The first-order chi connectivity index (χ1) is 10.3. The highest BCUT2D eigenvalue weighted by Crippen LogP contribution is 2.19. The smallest absolute Gasteiger partial charge is 0.254 e. The maximum atomic E-state index is 13.8. The molecule has 0 aliphatic carbocycles. The predicted molar refractivity (Wildman–Crippen MR) is 80.0 cm³/mol. The Morgan fingerprint density at radius 3 is 2.77 bits per heavy atom. The fraction of sp³-hybridized carbons (Fsp3) is 0.533. The zero-order chi connectivity index (χ0) is 16.3. The van der Waals surface area contributed by atoms with Gasteiger partial charge in [-0.25, -0.2) is 12.8 Å². The van der Waals surface area contributed by atoms with Crippen molar-refractivity contribution in [3.05, 3.63) is 29.6 Å². The van der Waals surface area contributed by atoms with Crippen LogP contribution in [0.25, 0.3) is 0 Å². The molecule has 1 aliphatic rings. The number of hydrogen-bond acceptors (Lipinski definition) is 4. The molecule has 1 heterocycles. The Bertz CT molecular complexity index is 652. The van der Waals surface area contributed by atoms with Gasteiger partial charge in [0.05, 0.1) is 21.8 Å². The van der Waals surface area contributed by atoms with E-state index < -0.39 is 26.8 Å². The molecule has 1 saturated heterocycles. The summed E-state index contributed by atoms with van der Waals surface area (Å²) in [6.07, 6.45) is 1.73. The first kappa shape index (κ1) is 16.9. The molecule has 122 valence electrons. The molecular weight excluding hydrogens is 309 g/mol. The lowest BCUT2D eigenvalue weighted by atomic mass is 10.2. The third-order valence-electron chi connectivity index (χ3n) is 3.65. The average molecular weight is 329 g/mol. The third-order valence-corrected chi connectivity index (χ3v) is 5.80. The van der Waals surface area contributed by atoms with Gasteiger partial charge in [0, 0.05) is 13.2 Å². The first-order valence-corrected chi connectivity index (χ1v) is 8.80. The quantitative estimate of drug-likeness (QED) is 0.838. The molecule has 22 heavy (non-hydrogen) atoms. The van der Waals surface area contributed by atoms with E-state index in [4.69, 9.17) is 4.74 Å². The van der Waals surface area contributed by atoms with Gasteiger partial charge in [-0.1, -0.05) is 0 Å². The summed E-state index contributed by atoms with van der Waals surface area (Å²) in [4.78, 5) is 12.0. The molecule has 1 aromatic carbocycles. The van der Waals surface area contributed by atoms with Crippen LogP contribution < -0.4 is 5.32 Å². The highest BCUT2D eigenvalue weighted by molar-refractivity contribution is 7.92. The monoisotopic (exact) mass is 329 g/mol. The second-order valence-electron chi connectivity index (χ2n) is 5.58. The van der Waals surface area contributed by atoms with Gasteiger partial charge in [-0.05, 0) is 44.9 Å². The van der Waals surface area contributed by atoms with Crippen LogP contribution >= 0.6 is 0 Å². The molecule has 0 unspecified atom stereocenters. The number of ether oxygens (including phenoxy) is 1. The van der Waals surface area contributed by atoms with E-state index in [-0.39, 0.29) is 16.6 Å². The van der Waals surface area contributed by atoms with E-state index in [0.29, 0.717) is 13.2 Å². The Labute approximate surface area is 129 Å². The van der Waals surface area contributed by atoms with E-state index in [9.17, 15) is 17.6 Å². The fourth-order valence-corrected chi connectivity index (χ4v) is 3.32. The van der Waals surface area contributed by atoms with Gasteiger partial charge in [-0.3, -0.25) is 4.79 Å². The zero-order valence-corrected chi connectivity index (χ0v) is 13.5. The molecule has 1 atom stereocenters. The number of sulfone groups is 1. The van der Waals surface area contributed by atoms with E-state index in [2.05, 4.69) is 5.32 Å². The molecule has 2 rings (SSSR count). The minimum absolute atomic E-state index is 0.0498. The van der Waals surface area contributed by atoms with Crippen LogP contribution in [-0.2, 0) is 14.6 Å². The van der Waals surface area contributed by atoms with Crippen molar-refractivity contribution >= 4 is 15.7 Å². The SMILES string of the molecule is CC(C)S(=O)(=O)c1ccc(F)c(C(=O)NC[C@H]2CCCO2)c1. The number of carbonyl (C=O) groups is 1. The van der Waals surface area contributed by atoms with Crippen molar-refractivity contribution in [2.45, 2.75) is 42.9 Å². The van der Waals surface area contributed by atoms with Crippen LogP contribution in [0.4, 0.5) is 4.39 Å². The van der Waals surface area contributed by atoms with E-state index in [1.807, 2.05) is 0 Å². The molecule has 1 fully saturated rings. The molecule has 0 bridgehead atoms. The van der Waals surface area contributed by atoms with Crippen molar-refractivity contribution < 1.29 is 22.3 Å². The van der Waals surface area contributed by atoms with Crippen molar-refractivity contribution in [2.24, 2.45) is 0 Å². The van der Waals surface area contributed by atoms with Gasteiger partial charge in [-0.15, -0.1) is 0 Å². The summed E-state index contributed by atoms with van der Waals surface area (Å²) in [5, 5.41) is 1.95. The molecule has 5 nitrogen and oxygen atoms in total. The predicted octanol–water partition coefficient (Wildman–Crippen LogP) is 1.92. The summed E-state index contributed by atoms with van der Waals surface area (Å²) in [7, 11) is -3.55. The van der Waals surface area contributed by atoms with Crippen LogP contribution in [0, 0.1) is 5.82 Å². The number of halogens is 1. The van der Waals surface area contributed by atoms with Crippen molar-refractivity contribution in [2.75, 3.05) is 13.2 Å². The molecular formula is C15H20FNO4S. The molecule has 7 heteroatoms. The van der Waals surface area contributed by atoms with Gasteiger partial charge in [0.2, 0.25) is 0 Å². The molecule has 0 spiro atoms. The largest absolute Gasteiger partial charge is 0.376 e. The van der Waals surface area contributed by atoms with Crippen LogP contribution in [0.2, 0.25) is 0 Å². The Morgan fingerprint density at radius 1 is 1.45 bits per heavy atom. The summed E-state index contributed by atoms with van der Waals surface area (Å²) in [6, 6.07) is 3.28. The van der Waals surface area contributed by atoms with E-state index >= 15 is 0 Å². The number of carbonyl (C=O) groups excluding carboxylic acids is 1. The standard InChI is InChI=1S/C15H20FNO4S/c1-10(2)22(19,20)12-5-6-14(16)13(8-12)15(18)17-9-11-4-3-7-21-11/h5-6,8,10-11H,3-4,7,9H2,1-2H3,(H,17,18)/t11-/m1/s1. The summed E-state index contributed by atoms with van der Waals surface area (Å²) < 4.78 is 43.4. The van der Waals surface area contributed by atoms with Gasteiger partial charge in [-0.2, -0.15) is 0 Å². The van der Waals surface area contributed by atoms with E-state index in [0.717, 1.165) is 25.0 Å². The Kier molecular flexibility index (Phi) is 5.18. The van der Waals surface area contributed by atoms with Crippen LogP contribution in [0.15, 0.2) is 23.1 Å². The number of rotatable bonds is 5. The van der Waals surface area contributed by atoms with Crippen LogP contribution in [0.1, 0.15) is 37.0 Å². The van der Waals surface area contributed by atoms with Crippen molar-refractivity contribution in [3.8, 4) is 0 Å². The van der Waals surface area contributed by atoms with Crippen molar-refractivity contribution in [3.63, 3.8) is 0 Å². The number of nitrogens with one attached hydrogen (secondary N) is 1. The molecule has 0 aromatic heterocycles. The van der Waals surface area contributed by atoms with Crippen LogP contribution in [0.5, 0.6) is 0 Å². The van der Waals surface area contributed by atoms with Crippen molar-refractivity contribution in [1.82, 2.24) is 5.32 Å². The lowest BCUT2D eigenvalue weighted by Gasteiger charge is -2.13. The van der Waals surface area contributed by atoms with Gasteiger partial charge >= 0.3 is 0 Å². The number of amides is 1. The van der Waals surface area contributed by atoms with Gasteiger partial charge in [0.1, 0.15) is 5.82 Å². The lowest BCUT2D eigenvalue weighted by Crippen LogP contribution is -2.32. The Balaban J connectivity index is 2.17. The van der Waals surface area contributed by atoms with Gasteiger partial charge < -0.3 is 10.1 Å². The Morgan fingerprint density at radius 2 is 2.18 bits per heavy atom. The highest BCUT2D eigenvalue weighted by atomic mass is 32.2. The minimum Gasteiger partial charge on any atom is -0.376 e. The molecule has 0 saturated carbocycles. The zero-order valence-electron chi connectivity index (χ0n) is 12.6. The molecule has 1 N–H and O–H groups in total. The first-order valence-electron chi connectivity index (χ1n) is 7.25. The lowest BCUT2D eigenvalue weighted by molar-refractivity contribution is 0.0854. The van der Waals surface area contributed by atoms with Crippen molar-refractivity contribution in [1.29, 1.82) is 0 Å². The normalized spacial score (nSPS) is 18.6. The molecule has 0 radical (unpaired) electrons. The summed E-state index contributed by atoms with van der Waals surface area (Å²) in [5.41, 5.74) is -0.264. The van der Waals surface area contributed by atoms with E-state index in [1.165, 1.54) is 19.9 Å². The molecule has 1 aliphatic heterocycles. The summed E-state index contributed by atoms with van der Waals surface area (Å²) in [5.74, 6) is -1.37. The topological polar surface area (TPSA) is 72.5 Å². The second-order valence-corrected chi connectivity index (χ2v) is 8.08. The van der Waals surface area contributed by atoms with E-state index in [1.54, 1.807) is 0 Å². The van der Waals surface area contributed by atoms with Crippen LogP contribution in [-0.4, -0.2) is 38.8 Å². The number of benzene rings is 1. The maximum Gasteiger partial charge on any atom is 0.254 e. The summed E-state index contributed by atoms with van der Waals surface area (Å²) >= 11 is 0. The maximum absolute atomic E-state index is 13.8. The number of hydrogen-bond donors (Lipinski definition) is 1. The second kappa shape index (κ2) is 6.75. The third kappa shape index (κ3) is 3.64. The Hall–Kier alpha value is -1.47. The van der Waals surface area contributed by atoms with Gasteiger partial charge in [0.15, 0.2) is 9.84 Å². The van der Waals surface area contributed by atoms with Gasteiger partial charge in [0.25, 0.3) is 5.91 Å². The highest BCUT2D eigenvalue weighted by Gasteiger charge is 2.23. The average Bonchev–Trinajstić information content (AvgIpc) is 2.98. The minimum atomic E-state index is -3.55. The fourth-order valence-electron chi connectivity index (χ4n) is 2.23. The molecule has 1 aromatic rings. The van der Waals surface area contributed by atoms with Crippen LogP contribution in [0.3, 0.4) is 0 Å².